The monoisotopic (exact) mass is 285 g/mol. The van der Waals surface area contributed by atoms with Crippen LogP contribution >= 0.6 is 0 Å². The van der Waals surface area contributed by atoms with Crippen molar-refractivity contribution in [1.29, 1.82) is 0 Å². The van der Waals surface area contributed by atoms with Gasteiger partial charge in [0.15, 0.2) is 0 Å². The van der Waals surface area contributed by atoms with Gasteiger partial charge >= 0.3 is 0 Å². The van der Waals surface area contributed by atoms with Crippen LogP contribution in [0.1, 0.15) is 44.1 Å². The molecule has 0 amide bonds. The van der Waals surface area contributed by atoms with Gasteiger partial charge in [-0.15, -0.1) is 0 Å². The fourth-order valence-electron chi connectivity index (χ4n) is 3.44. The largest absolute Gasteiger partial charge is 0.390 e. The molecule has 0 aromatic rings. The fourth-order valence-corrected chi connectivity index (χ4v) is 3.44. The highest BCUT2D eigenvalue weighted by atomic mass is 16.6. The summed E-state index contributed by atoms with van der Waals surface area (Å²) in [5.74, 6) is -0.540. The van der Waals surface area contributed by atoms with Crippen molar-refractivity contribution in [3.05, 3.63) is 11.6 Å². The zero-order chi connectivity index (χ0) is 17.3. The first-order valence-electron chi connectivity index (χ1n) is 8.70. The molecule has 6 atom stereocenters. The summed E-state index contributed by atoms with van der Waals surface area (Å²) in [4.78, 5) is 0. The van der Waals surface area contributed by atoms with Crippen LogP contribution in [0.5, 0.6) is 0 Å². The highest BCUT2D eigenvalue weighted by Crippen LogP contribution is 2.59. The Morgan fingerprint density at radius 2 is 2.30 bits per heavy atom. The van der Waals surface area contributed by atoms with E-state index in [0.717, 1.165) is 6.42 Å². The van der Waals surface area contributed by atoms with Crippen LogP contribution in [-0.2, 0) is 14.2 Å². The highest BCUT2D eigenvalue weighted by Gasteiger charge is 2.71. The van der Waals surface area contributed by atoms with E-state index in [1.165, 1.54) is 12.7 Å². The smallest absolute Gasteiger partial charge is 0.101 e. The number of epoxide rings is 2. The average Bonchev–Trinajstić information content (AvgIpc) is 3.33. The zero-order valence-electron chi connectivity index (χ0n) is 15.6. The first-order chi connectivity index (χ1) is 10.5. The number of hydrogen-bond donors (Lipinski definition) is 1. The standard InChI is InChI=1S/C16H26O4/c1-10(2)5-6-12-15(3,20-12)14-13(18-4)11(17)7-8-16(14)9-19-16/h5,11-14,17H,6-9H2,1-4H3/t11-,12+,13-,14+,15?,16-/m0/s1/i7D2,13D. The Hall–Kier alpha value is -0.420. The maximum absolute atomic E-state index is 10.5. The molecule has 3 aliphatic rings. The Morgan fingerprint density at radius 3 is 2.85 bits per heavy atom. The lowest BCUT2D eigenvalue weighted by molar-refractivity contribution is -0.116. The fraction of sp³-hybridized carbons (Fsp3) is 0.875. The SMILES string of the molecule is [2H]C1([2H])C[C@]2(CO2)[C@@H](C2(C)O[C@@H]2CC=C(C)C)[C@@]([2H])(OC)[C@H]1O. The second kappa shape index (κ2) is 4.80. The van der Waals surface area contributed by atoms with E-state index >= 15 is 0 Å². The Bertz CT molecular complexity index is 529. The lowest BCUT2D eigenvalue weighted by Crippen LogP contribution is -2.54. The van der Waals surface area contributed by atoms with E-state index < -0.39 is 35.7 Å². The summed E-state index contributed by atoms with van der Waals surface area (Å²) in [7, 11) is 1.34. The van der Waals surface area contributed by atoms with Crippen molar-refractivity contribution in [2.24, 2.45) is 5.92 Å². The lowest BCUT2D eigenvalue weighted by Gasteiger charge is -2.41. The van der Waals surface area contributed by atoms with Gasteiger partial charge in [0.1, 0.15) is 5.60 Å². The van der Waals surface area contributed by atoms with Crippen molar-refractivity contribution in [1.82, 2.24) is 0 Å². The van der Waals surface area contributed by atoms with E-state index in [0.29, 0.717) is 6.61 Å². The van der Waals surface area contributed by atoms with Gasteiger partial charge in [-0.25, -0.2) is 0 Å². The van der Waals surface area contributed by atoms with E-state index in [-0.39, 0.29) is 12.5 Å². The van der Waals surface area contributed by atoms with E-state index in [2.05, 4.69) is 6.08 Å². The molecule has 3 rings (SSSR count). The van der Waals surface area contributed by atoms with Crippen molar-refractivity contribution in [2.75, 3.05) is 13.7 Å². The van der Waals surface area contributed by atoms with Crippen LogP contribution in [0.25, 0.3) is 0 Å². The molecule has 4 nitrogen and oxygen atoms in total. The van der Waals surface area contributed by atoms with Gasteiger partial charge in [-0.3, -0.25) is 0 Å². The number of hydrogen-bond acceptors (Lipinski definition) is 4. The average molecular weight is 285 g/mol. The van der Waals surface area contributed by atoms with Crippen molar-refractivity contribution in [3.8, 4) is 0 Å². The normalized spacial score (nSPS) is 58.5. The van der Waals surface area contributed by atoms with Crippen LogP contribution in [0.3, 0.4) is 0 Å². The predicted octanol–water partition coefficient (Wildman–Crippen LogP) is 2.06. The Kier molecular flexibility index (Phi) is 2.69. The van der Waals surface area contributed by atoms with Gasteiger partial charge in [0.05, 0.1) is 37.8 Å². The maximum Gasteiger partial charge on any atom is 0.101 e. The molecule has 0 bridgehead atoms. The van der Waals surface area contributed by atoms with E-state index in [4.69, 9.17) is 18.3 Å². The number of methoxy groups -OCH3 is 1. The summed E-state index contributed by atoms with van der Waals surface area (Å²) in [6, 6.07) is 0. The summed E-state index contributed by atoms with van der Waals surface area (Å²) in [6.07, 6.45) is -2.46. The molecule has 2 aliphatic heterocycles. The van der Waals surface area contributed by atoms with Gasteiger partial charge in [0, 0.05) is 9.85 Å². The maximum atomic E-state index is 10.5. The number of allylic oxidation sites excluding steroid dienone is 1. The molecule has 0 aromatic heterocycles. The minimum absolute atomic E-state index is 0.0597. The molecule has 3 fully saturated rings. The molecule has 0 radical (unpaired) electrons. The molecule has 1 spiro atoms. The lowest BCUT2D eigenvalue weighted by atomic mass is 9.68. The van der Waals surface area contributed by atoms with Crippen LogP contribution in [-0.4, -0.2) is 48.3 Å². The molecule has 2 heterocycles. The van der Waals surface area contributed by atoms with E-state index in [1.54, 1.807) is 0 Å². The summed E-state index contributed by atoms with van der Waals surface area (Å²) >= 11 is 0. The van der Waals surface area contributed by atoms with Crippen molar-refractivity contribution >= 4 is 0 Å². The second-order valence-electron chi connectivity index (χ2n) is 6.48. The Morgan fingerprint density at radius 1 is 1.60 bits per heavy atom. The van der Waals surface area contributed by atoms with Crippen LogP contribution in [0.15, 0.2) is 11.6 Å². The van der Waals surface area contributed by atoms with Gasteiger partial charge in [0.2, 0.25) is 0 Å². The van der Waals surface area contributed by atoms with Gasteiger partial charge < -0.3 is 19.3 Å². The quantitative estimate of drug-likeness (QED) is 0.634. The Balaban J connectivity index is 1.92. The molecule has 4 heteroatoms. The summed E-state index contributed by atoms with van der Waals surface area (Å²) in [5, 5.41) is 10.5. The topological polar surface area (TPSA) is 54.5 Å². The van der Waals surface area contributed by atoms with Crippen LogP contribution in [0, 0.1) is 5.92 Å². The van der Waals surface area contributed by atoms with Crippen molar-refractivity contribution < 1.29 is 23.4 Å². The molecule has 1 unspecified atom stereocenters. The molecular weight excluding hydrogens is 256 g/mol. The summed E-state index contributed by atoms with van der Waals surface area (Å²) in [5.41, 5.74) is -0.240. The highest BCUT2D eigenvalue weighted by molar-refractivity contribution is 5.20. The molecule has 2 saturated heterocycles. The van der Waals surface area contributed by atoms with Gasteiger partial charge in [-0.1, -0.05) is 11.6 Å². The van der Waals surface area contributed by atoms with Gasteiger partial charge in [0.25, 0.3) is 0 Å². The van der Waals surface area contributed by atoms with Gasteiger partial charge in [-0.2, -0.15) is 0 Å². The van der Waals surface area contributed by atoms with Crippen molar-refractivity contribution in [3.63, 3.8) is 0 Å². The molecule has 0 aromatic carbocycles. The third kappa shape index (κ3) is 2.23. The summed E-state index contributed by atoms with van der Waals surface area (Å²) in [6.45, 7) is 6.34. The second-order valence-corrected chi connectivity index (χ2v) is 6.48. The Labute approximate surface area is 125 Å². The number of rotatable bonds is 4. The van der Waals surface area contributed by atoms with E-state index in [9.17, 15) is 5.11 Å². The first-order valence-corrected chi connectivity index (χ1v) is 7.20. The molecule has 114 valence electrons. The van der Waals surface area contributed by atoms with Crippen LogP contribution in [0.2, 0.25) is 0 Å². The van der Waals surface area contributed by atoms with Gasteiger partial charge in [-0.05, 0) is 40.0 Å². The molecule has 1 aliphatic carbocycles. The molecule has 1 saturated carbocycles. The minimum Gasteiger partial charge on any atom is -0.390 e. The van der Waals surface area contributed by atoms with E-state index in [1.807, 2.05) is 20.8 Å². The molecule has 20 heavy (non-hydrogen) atoms. The minimum atomic E-state index is -1.93. The van der Waals surface area contributed by atoms with Crippen LogP contribution < -0.4 is 0 Å². The first kappa shape index (κ1) is 11.2. The van der Waals surface area contributed by atoms with Crippen LogP contribution in [0.4, 0.5) is 0 Å². The zero-order valence-corrected chi connectivity index (χ0v) is 12.6. The number of ether oxygens (including phenoxy) is 3. The number of aliphatic hydroxyl groups is 1. The summed E-state index contributed by atoms with van der Waals surface area (Å²) < 4.78 is 41.8. The van der Waals surface area contributed by atoms with Crippen molar-refractivity contribution in [2.45, 2.75) is 69.5 Å². The molecular formula is C16H26O4. The predicted molar refractivity (Wildman–Crippen MR) is 75.5 cm³/mol. The molecule has 1 N–H and O–H groups in total. The number of aliphatic hydroxyl groups excluding tert-OH is 1. The third-order valence-corrected chi connectivity index (χ3v) is 4.72. The third-order valence-electron chi connectivity index (χ3n) is 4.72.